The van der Waals surface area contributed by atoms with Gasteiger partial charge < -0.3 is 10.6 Å². The summed E-state index contributed by atoms with van der Waals surface area (Å²) in [6.07, 6.45) is 2.87. The first-order chi connectivity index (χ1) is 7.17. The summed E-state index contributed by atoms with van der Waals surface area (Å²) in [5, 5.41) is 6.66. The number of hydrogen-bond donors (Lipinski definition) is 2. The minimum absolute atomic E-state index is 0.00162. The second-order valence-corrected chi connectivity index (χ2v) is 4.48. The van der Waals surface area contributed by atoms with Crippen molar-refractivity contribution in [2.75, 3.05) is 13.6 Å². The third kappa shape index (κ3) is 3.60. The lowest BCUT2D eigenvalue weighted by atomic mass is 10.3. The zero-order chi connectivity index (χ0) is 11.3. The van der Waals surface area contributed by atoms with Crippen LogP contribution in [0.5, 0.6) is 0 Å². The number of nitrogens with one attached hydrogen (secondary N) is 2. The predicted molar refractivity (Wildman–Crippen MR) is 62.0 cm³/mol. The highest BCUT2D eigenvalue weighted by Crippen LogP contribution is 2.19. The number of amides is 1. The van der Waals surface area contributed by atoms with Gasteiger partial charge in [0.2, 0.25) is 5.91 Å². The Bertz CT molecular complexity index is 324. The third-order valence-electron chi connectivity index (χ3n) is 2.01. The third-order valence-corrected chi connectivity index (χ3v) is 3.33. The van der Waals surface area contributed by atoms with Gasteiger partial charge in [-0.05, 0) is 20.4 Å². The van der Waals surface area contributed by atoms with Crippen molar-refractivity contribution in [3.05, 3.63) is 16.1 Å². The molecule has 0 radical (unpaired) electrons. The van der Waals surface area contributed by atoms with Crippen LogP contribution in [0.3, 0.4) is 0 Å². The van der Waals surface area contributed by atoms with Gasteiger partial charge >= 0.3 is 0 Å². The number of carbonyl (C=O) groups excluding carboxylic acids is 1. The number of nitrogens with zero attached hydrogens (tertiary/aromatic N) is 1. The van der Waals surface area contributed by atoms with E-state index in [1.165, 1.54) is 4.88 Å². The molecule has 0 saturated carbocycles. The fourth-order valence-corrected chi connectivity index (χ4v) is 2.06. The minimum Gasteiger partial charge on any atom is -0.346 e. The summed E-state index contributed by atoms with van der Waals surface area (Å²) in [5.41, 5.74) is 0. The van der Waals surface area contributed by atoms with E-state index in [0.29, 0.717) is 6.54 Å². The van der Waals surface area contributed by atoms with Gasteiger partial charge in [0.05, 0.1) is 12.6 Å². The number of thiazole rings is 1. The molecule has 0 saturated heterocycles. The van der Waals surface area contributed by atoms with Crippen molar-refractivity contribution >= 4 is 17.2 Å². The average molecular weight is 227 g/mol. The summed E-state index contributed by atoms with van der Waals surface area (Å²) in [6, 6.07) is -0.00356. The molecule has 0 aliphatic heterocycles. The van der Waals surface area contributed by atoms with E-state index < -0.39 is 0 Å². The Balaban J connectivity index is 2.52. The first kappa shape index (κ1) is 12.1. The largest absolute Gasteiger partial charge is 0.346 e. The van der Waals surface area contributed by atoms with Crippen LogP contribution in [0, 0.1) is 0 Å². The number of aromatic nitrogens is 1. The van der Waals surface area contributed by atoms with Crippen LogP contribution in [-0.2, 0) is 11.2 Å². The number of likely N-dealkylation sites (N-methyl/N-ethyl adjacent to an activating group) is 1. The SMILES string of the molecule is CCc1cnc(C(C)NC(=O)CNC)s1. The molecular formula is C10H17N3OS. The van der Waals surface area contributed by atoms with Crippen LogP contribution in [0.15, 0.2) is 6.20 Å². The van der Waals surface area contributed by atoms with Crippen LogP contribution in [0.2, 0.25) is 0 Å². The molecule has 1 atom stereocenters. The number of carbonyl (C=O) groups is 1. The van der Waals surface area contributed by atoms with Crippen molar-refractivity contribution in [2.24, 2.45) is 0 Å². The van der Waals surface area contributed by atoms with Gasteiger partial charge in [-0.15, -0.1) is 11.3 Å². The van der Waals surface area contributed by atoms with Crippen LogP contribution in [0.4, 0.5) is 0 Å². The maximum absolute atomic E-state index is 11.3. The van der Waals surface area contributed by atoms with Crippen molar-refractivity contribution in [3.63, 3.8) is 0 Å². The molecule has 5 heteroatoms. The van der Waals surface area contributed by atoms with E-state index in [-0.39, 0.29) is 11.9 Å². The molecule has 1 amide bonds. The number of hydrogen-bond acceptors (Lipinski definition) is 4. The van der Waals surface area contributed by atoms with Gasteiger partial charge in [0, 0.05) is 11.1 Å². The Labute approximate surface area is 94.1 Å². The molecule has 0 bridgehead atoms. The van der Waals surface area contributed by atoms with Gasteiger partial charge in [0.1, 0.15) is 5.01 Å². The molecule has 4 nitrogen and oxygen atoms in total. The van der Waals surface area contributed by atoms with Crippen LogP contribution < -0.4 is 10.6 Å². The van der Waals surface area contributed by atoms with E-state index in [2.05, 4.69) is 22.5 Å². The highest BCUT2D eigenvalue weighted by atomic mass is 32.1. The van der Waals surface area contributed by atoms with Gasteiger partial charge in [0.15, 0.2) is 0 Å². The van der Waals surface area contributed by atoms with Crippen molar-refractivity contribution in [2.45, 2.75) is 26.3 Å². The van der Waals surface area contributed by atoms with Gasteiger partial charge in [-0.3, -0.25) is 4.79 Å². The summed E-state index contributed by atoms with van der Waals surface area (Å²) in [6.45, 7) is 4.39. The summed E-state index contributed by atoms with van der Waals surface area (Å²) in [5.74, 6) is -0.00162. The van der Waals surface area contributed by atoms with Gasteiger partial charge in [-0.2, -0.15) is 0 Å². The Morgan fingerprint density at radius 3 is 2.93 bits per heavy atom. The standard InChI is InChI=1S/C10H17N3OS/c1-4-8-5-12-10(15-8)7(2)13-9(14)6-11-3/h5,7,11H,4,6H2,1-3H3,(H,13,14). The van der Waals surface area contributed by atoms with Gasteiger partial charge in [-0.1, -0.05) is 6.92 Å². The van der Waals surface area contributed by atoms with Gasteiger partial charge in [-0.25, -0.2) is 4.98 Å². The van der Waals surface area contributed by atoms with Crippen LogP contribution in [-0.4, -0.2) is 24.5 Å². The molecule has 1 rings (SSSR count). The first-order valence-corrected chi connectivity index (χ1v) is 5.87. The van der Waals surface area contributed by atoms with Crippen LogP contribution in [0.25, 0.3) is 0 Å². The number of aryl methyl sites for hydroxylation is 1. The Hall–Kier alpha value is -0.940. The second-order valence-electron chi connectivity index (χ2n) is 3.34. The molecule has 0 aliphatic rings. The molecular weight excluding hydrogens is 210 g/mol. The van der Waals surface area contributed by atoms with E-state index >= 15 is 0 Å². The summed E-state index contributed by atoms with van der Waals surface area (Å²) in [7, 11) is 1.75. The molecule has 0 fully saturated rings. The van der Waals surface area contributed by atoms with E-state index in [4.69, 9.17) is 0 Å². The predicted octanol–water partition coefficient (Wildman–Crippen LogP) is 1.10. The maximum atomic E-state index is 11.3. The highest BCUT2D eigenvalue weighted by molar-refractivity contribution is 7.11. The Morgan fingerprint density at radius 1 is 1.67 bits per heavy atom. The second kappa shape index (κ2) is 5.82. The fraction of sp³-hybridized carbons (Fsp3) is 0.600. The summed E-state index contributed by atoms with van der Waals surface area (Å²) in [4.78, 5) is 16.8. The fourth-order valence-electron chi connectivity index (χ4n) is 1.20. The Morgan fingerprint density at radius 2 is 2.40 bits per heavy atom. The van der Waals surface area contributed by atoms with Crippen LogP contribution in [0.1, 0.15) is 29.8 Å². The monoisotopic (exact) mass is 227 g/mol. The van der Waals surface area contributed by atoms with Crippen LogP contribution >= 0.6 is 11.3 Å². The average Bonchev–Trinajstić information content (AvgIpc) is 2.66. The molecule has 1 heterocycles. The quantitative estimate of drug-likeness (QED) is 0.792. The lowest BCUT2D eigenvalue weighted by Gasteiger charge is -2.10. The van der Waals surface area contributed by atoms with E-state index in [1.54, 1.807) is 18.4 Å². The lowest BCUT2D eigenvalue weighted by Crippen LogP contribution is -2.33. The normalized spacial score (nSPS) is 12.5. The maximum Gasteiger partial charge on any atom is 0.234 e. The van der Waals surface area contributed by atoms with Crippen molar-refractivity contribution < 1.29 is 4.79 Å². The molecule has 0 aromatic carbocycles. The highest BCUT2D eigenvalue weighted by Gasteiger charge is 2.12. The van der Waals surface area contributed by atoms with Gasteiger partial charge in [0.25, 0.3) is 0 Å². The van der Waals surface area contributed by atoms with E-state index in [1.807, 2.05) is 13.1 Å². The molecule has 1 aromatic rings. The molecule has 15 heavy (non-hydrogen) atoms. The zero-order valence-corrected chi connectivity index (χ0v) is 10.1. The summed E-state index contributed by atoms with van der Waals surface area (Å²) >= 11 is 1.65. The van der Waals surface area contributed by atoms with Crippen molar-refractivity contribution in [1.82, 2.24) is 15.6 Å². The van der Waals surface area contributed by atoms with E-state index in [9.17, 15) is 4.79 Å². The van der Waals surface area contributed by atoms with Crippen molar-refractivity contribution in [1.29, 1.82) is 0 Å². The minimum atomic E-state index is -0.00356. The lowest BCUT2D eigenvalue weighted by molar-refractivity contribution is -0.120. The first-order valence-electron chi connectivity index (χ1n) is 5.06. The number of rotatable bonds is 5. The molecule has 1 unspecified atom stereocenters. The topological polar surface area (TPSA) is 54.0 Å². The molecule has 0 aliphatic carbocycles. The Kier molecular flexibility index (Phi) is 4.71. The van der Waals surface area contributed by atoms with E-state index in [0.717, 1.165) is 11.4 Å². The molecule has 0 spiro atoms. The zero-order valence-electron chi connectivity index (χ0n) is 9.33. The summed E-state index contributed by atoms with van der Waals surface area (Å²) < 4.78 is 0. The molecule has 2 N–H and O–H groups in total. The molecule has 84 valence electrons. The smallest absolute Gasteiger partial charge is 0.234 e. The van der Waals surface area contributed by atoms with Crippen molar-refractivity contribution in [3.8, 4) is 0 Å². The molecule has 1 aromatic heterocycles.